The summed E-state index contributed by atoms with van der Waals surface area (Å²) in [6.45, 7) is 4.46. The maximum absolute atomic E-state index is 8.06. The molecule has 0 fully saturated rings. The van der Waals surface area contributed by atoms with Crippen molar-refractivity contribution < 1.29 is 24.3 Å². The first-order valence-electron chi connectivity index (χ1n) is 3.04. The predicted octanol–water partition coefficient (Wildman–Crippen LogP) is 2.47. The van der Waals surface area contributed by atoms with Gasteiger partial charge >= 0.3 is 24.3 Å². The zero-order valence-corrected chi connectivity index (χ0v) is 7.02. The van der Waals surface area contributed by atoms with Crippen LogP contribution in [0.2, 0.25) is 0 Å². The molecule has 1 nitrogen and oxygen atoms in total. The molecule has 2 heteroatoms. The number of hydrogen-bond donors (Lipinski definition) is 0. The van der Waals surface area contributed by atoms with Crippen LogP contribution < -0.4 is 0 Å². The van der Waals surface area contributed by atoms with Gasteiger partial charge < -0.3 is 0 Å². The summed E-state index contributed by atoms with van der Waals surface area (Å²) < 4.78 is 8.06. The molecular formula is C6H14AgO. The fraction of sp³-hybridized carbons (Fsp3) is 1.00. The molecule has 0 spiro atoms. The van der Waals surface area contributed by atoms with Crippen molar-refractivity contribution in [2.45, 2.75) is 39.5 Å². The quantitative estimate of drug-likeness (QED) is 0.516. The van der Waals surface area contributed by atoms with E-state index < -0.39 is 0 Å². The van der Waals surface area contributed by atoms with Gasteiger partial charge in [0.2, 0.25) is 0 Å². The Morgan fingerprint density at radius 2 is 1.25 bits per heavy atom. The molecule has 0 N–H and O–H groups in total. The third kappa shape index (κ3) is 16.0. The average molecular weight is 210 g/mol. The number of hydrogen-bond acceptors (Lipinski definition) is 1. The molecular weight excluding hydrogens is 196 g/mol. The van der Waals surface area contributed by atoms with Crippen LogP contribution in [-0.4, -0.2) is 0 Å². The molecule has 0 saturated heterocycles. The van der Waals surface area contributed by atoms with E-state index in [9.17, 15) is 0 Å². The molecule has 0 bridgehead atoms. The first-order chi connectivity index (χ1) is 3.91. The van der Waals surface area contributed by atoms with Crippen LogP contribution in [0.5, 0.6) is 0 Å². The summed E-state index contributed by atoms with van der Waals surface area (Å²) in [6.07, 6.45) is 5.54. The molecule has 55 valence electrons. The van der Waals surface area contributed by atoms with Gasteiger partial charge in [-0.2, -0.15) is 0 Å². The first kappa shape index (κ1) is 11.4. The number of unbranched alkanes of at least 4 members (excludes halogenated alkanes) is 3. The standard InChI is InChI=1S/C6H14.Ag.O/c1-3-5-6-4-2;;/h3-6H2,1-2H3;;. The summed E-state index contributed by atoms with van der Waals surface area (Å²) in [6, 6.07) is 0. The monoisotopic (exact) mass is 209 g/mol. The van der Waals surface area contributed by atoms with Crippen LogP contribution in [0.25, 0.3) is 0 Å². The van der Waals surface area contributed by atoms with Gasteiger partial charge in [0.1, 0.15) is 0 Å². The Hall–Kier alpha value is 0.540. The fourth-order valence-electron chi connectivity index (χ4n) is 0.500. The van der Waals surface area contributed by atoms with Crippen LogP contribution in [0.15, 0.2) is 0 Å². The van der Waals surface area contributed by atoms with Gasteiger partial charge in [-0.15, -0.1) is 0 Å². The Labute approximate surface area is 64.1 Å². The van der Waals surface area contributed by atoms with Crippen molar-refractivity contribution in [3.63, 3.8) is 0 Å². The van der Waals surface area contributed by atoms with Crippen LogP contribution in [0.1, 0.15) is 39.5 Å². The van der Waals surface area contributed by atoms with E-state index in [2.05, 4.69) is 13.8 Å². The van der Waals surface area contributed by atoms with Crippen LogP contribution in [0, 0.1) is 0 Å². The molecule has 0 aliphatic rings. The second kappa shape index (κ2) is 15.6. The Bertz CT molecular complexity index is 27.7. The van der Waals surface area contributed by atoms with Crippen LogP contribution in [-0.2, 0) is 24.3 Å². The summed E-state index contributed by atoms with van der Waals surface area (Å²) in [5, 5.41) is 0. The van der Waals surface area contributed by atoms with Gasteiger partial charge in [0.05, 0.1) is 0 Å². The van der Waals surface area contributed by atoms with E-state index in [1.807, 2.05) is 0 Å². The summed E-state index contributed by atoms with van der Waals surface area (Å²) in [5.41, 5.74) is 0. The van der Waals surface area contributed by atoms with Crippen molar-refractivity contribution in [2.24, 2.45) is 0 Å². The van der Waals surface area contributed by atoms with E-state index in [0.29, 0.717) is 0 Å². The maximum atomic E-state index is 8.06. The molecule has 0 aromatic carbocycles. The Morgan fingerprint density at radius 1 is 1.00 bits per heavy atom. The van der Waals surface area contributed by atoms with E-state index in [0.717, 1.165) is 0 Å². The van der Waals surface area contributed by atoms with Crippen molar-refractivity contribution in [1.82, 2.24) is 0 Å². The molecule has 0 radical (unpaired) electrons. The van der Waals surface area contributed by atoms with Gasteiger partial charge in [-0.3, -0.25) is 0 Å². The van der Waals surface area contributed by atoms with Crippen LogP contribution in [0.4, 0.5) is 0 Å². The van der Waals surface area contributed by atoms with Crippen LogP contribution in [0.3, 0.4) is 0 Å². The zero-order chi connectivity index (χ0) is 6.83. The second-order valence-corrected chi connectivity index (χ2v) is 1.71. The van der Waals surface area contributed by atoms with Crippen molar-refractivity contribution >= 4 is 0 Å². The zero-order valence-electron chi connectivity index (χ0n) is 5.54. The topological polar surface area (TPSA) is 17.1 Å². The molecule has 8 heavy (non-hydrogen) atoms. The van der Waals surface area contributed by atoms with E-state index in [4.69, 9.17) is 3.25 Å². The van der Waals surface area contributed by atoms with Gasteiger partial charge in [-0.25, -0.2) is 0 Å². The Kier molecular flexibility index (Phi) is 22.2. The third-order valence-electron chi connectivity index (χ3n) is 0.957. The fourth-order valence-corrected chi connectivity index (χ4v) is 0.500. The second-order valence-electron chi connectivity index (χ2n) is 1.71. The SMILES string of the molecule is CCCCCC.[O]=[Ag]. The molecule has 0 aliphatic carbocycles. The van der Waals surface area contributed by atoms with Gasteiger partial charge in [0.15, 0.2) is 0 Å². The summed E-state index contributed by atoms with van der Waals surface area (Å²) in [5.74, 6) is 0. The Morgan fingerprint density at radius 3 is 1.38 bits per heavy atom. The molecule has 0 rings (SSSR count). The van der Waals surface area contributed by atoms with Crippen LogP contribution >= 0.6 is 0 Å². The average Bonchev–Trinajstić information content (AvgIpc) is 1.88. The predicted molar refractivity (Wildman–Crippen MR) is 30.5 cm³/mol. The van der Waals surface area contributed by atoms with Crippen molar-refractivity contribution in [2.75, 3.05) is 0 Å². The molecule has 0 saturated carbocycles. The molecule has 0 amide bonds. The first-order valence-corrected chi connectivity index (χ1v) is 3.64. The normalized spacial score (nSPS) is 7.50. The van der Waals surface area contributed by atoms with Gasteiger partial charge in [-0.05, 0) is 0 Å². The van der Waals surface area contributed by atoms with E-state index in [-0.39, 0.29) is 0 Å². The molecule has 0 atom stereocenters. The Balaban J connectivity index is 0. The number of rotatable bonds is 3. The van der Waals surface area contributed by atoms with E-state index in [1.54, 1.807) is 21.0 Å². The summed E-state index contributed by atoms with van der Waals surface area (Å²) in [7, 11) is 0. The van der Waals surface area contributed by atoms with Gasteiger partial charge in [0.25, 0.3) is 0 Å². The minimum atomic E-state index is 1.36. The molecule has 0 aliphatic heterocycles. The molecule has 0 aromatic heterocycles. The third-order valence-corrected chi connectivity index (χ3v) is 0.957. The minimum absolute atomic E-state index is 1.36. The van der Waals surface area contributed by atoms with Crippen molar-refractivity contribution in [1.29, 1.82) is 0 Å². The summed E-state index contributed by atoms with van der Waals surface area (Å²) >= 11 is 1.70. The molecule has 0 heterocycles. The van der Waals surface area contributed by atoms with Gasteiger partial charge in [-0.1, -0.05) is 39.5 Å². The molecule has 0 unspecified atom stereocenters. The van der Waals surface area contributed by atoms with Crippen molar-refractivity contribution in [3.8, 4) is 0 Å². The van der Waals surface area contributed by atoms with E-state index in [1.165, 1.54) is 25.7 Å². The van der Waals surface area contributed by atoms with Gasteiger partial charge in [0, 0.05) is 0 Å². The van der Waals surface area contributed by atoms with E-state index >= 15 is 0 Å². The molecule has 0 aromatic rings. The summed E-state index contributed by atoms with van der Waals surface area (Å²) in [4.78, 5) is 0. The van der Waals surface area contributed by atoms with Crippen molar-refractivity contribution in [3.05, 3.63) is 0 Å².